The first kappa shape index (κ1) is 16.2. The minimum Gasteiger partial charge on any atom is -0.338 e. The molecule has 2 aromatic rings. The van der Waals surface area contributed by atoms with Crippen LogP contribution < -0.4 is 0 Å². The quantitative estimate of drug-likeness (QED) is 0.853. The van der Waals surface area contributed by atoms with E-state index in [4.69, 9.17) is 0 Å². The summed E-state index contributed by atoms with van der Waals surface area (Å²) in [6, 6.07) is 11.8. The van der Waals surface area contributed by atoms with E-state index in [0.717, 1.165) is 37.3 Å². The number of thiophene rings is 1. The molecule has 1 amide bonds. The van der Waals surface area contributed by atoms with Crippen molar-refractivity contribution in [1.82, 2.24) is 4.90 Å². The van der Waals surface area contributed by atoms with E-state index in [1.807, 2.05) is 23.1 Å². The van der Waals surface area contributed by atoms with Crippen LogP contribution in [0.3, 0.4) is 0 Å². The second-order valence-corrected chi connectivity index (χ2v) is 9.18. The predicted molar refractivity (Wildman–Crippen MR) is 91.6 cm³/mol. The van der Waals surface area contributed by atoms with Crippen molar-refractivity contribution < 1.29 is 13.2 Å². The van der Waals surface area contributed by atoms with Gasteiger partial charge in [0.05, 0.1) is 5.56 Å². The lowest BCUT2D eigenvalue weighted by molar-refractivity contribution is 0.0787. The molecule has 0 aliphatic carbocycles. The van der Waals surface area contributed by atoms with Crippen LogP contribution in [0.1, 0.15) is 22.3 Å². The number of rotatable bonds is 4. The van der Waals surface area contributed by atoms with Crippen molar-refractivity contribution in [3.63, 3.8) is 0 Å². The van der Waals surface area contributed by atoms with Gasteiger partial charge in [-0.2, -0.15) is 0 Å². The number of amides is 1. The molecule has 3 rings (SSSR count). The van der Waals surface area contributed by atoms with Gasteiger partial charge in [-0.1, -0.05) is 30.3 Å². The van der Waals surface area contributed by atoms with Gasteiger partial charge in [-0.15, -0.1) is 11.3 Å². The molecule has 1 atom stereocenters. The molecule has 1 aliphatic rings. The van der Waals surface area contributed by atoms with Crippen molar-refractivity contribution >= 4 is 27.1 Å². The van der Waals surface area contributed by atoms with Gasteiger partial charge < -0.3 is 4.90 Å². The van der Waals surface area contributed by atoms with Crippen LogP contribution >= 0.6 is 11.3 Å². The predicted octanol–water partition coefficient (Wildman–Crippen LogP) is 2.86. The number of hydrogen-bond acceptors (Lipinski definition) is 4. The van der Waals surface area contributed by atoms with Gasteiger partial charge >= 0.3 is 0 Å². The number of benzene rings is 1. The van der Waals surface area contributed by atoms with Crippen LogP contribution in [-0.2, 0) is 16.3 Å². The van der Waals surface area contributed by atoms with Gasteiger partial charge in [-0.3, -0.25) is 4.79 Å². The van der Waals surface area contributed by atoms with Gasteiger partial charge in [-0.05, 0) is 30.4 Å². The Labute approximate surface area is 140 Å². The highest BCUT2D eigenvalue weighted by atomic mass is 32.2. The zero-order chi connectivity index (χ0) is 16.4. The molecule has 1 aliphatic heterocycles. The zero-order valence-electron chi connectivity index (χ0n) is 12.9. The SMILES string of the molecule is CS(=O)(=O)c1cc(C(=O)N2CCC(Cc3ccccc3)C2)cs1. The molecule has 0 saturated carbocycles. The Morgan fingerprint density at radius 2 is 2.04 bits per heavy atom. The lowest BCUT2D eigenvalue weighted by Crippen LogP contribution is -2.28. The largest absolute Gasteiger partial charge is 0.338 e. The lowest BCUT2D eigenvalue weighted by Gasteiger charge is -2.16. The normalized spacial score (nSPS) is 18.3. The molecule has 2 heterocycles. The number of nitrogens with zero attached hydrogens (tertiary/aromatic N) is 1. The fourth-order valence-corrected chi connectivity index (χ4v) is 4.73. The molecule has 6 heteroatoms. The first-order valence-electron chi connectivity index (χ1n) is 7.55. The van der Waals surface area contributed by atoms with E-state index in [9.17, 15) is 13.2 Å². The van der Waals surface area contributed by atoms with E-state index < -0.39 is 9.84 Å². The Bertz CT molecular complexity index is 796. The summed E-state index contributed by atoms with van der Waals surface area (Å²) in [5.41, 5.74) is 1.78. The third-order valence-corrected chi connectivity index (χ3v) is 6.90. The number of likely N-dealkylation sites (tertiary alicyclic amines) is 1. The van der Waals surface area contributed by atoms with Gasteiger partial charge in [0.2, 0.25) is 0 Å². The molecule has 0 radical (unpaired) electrons. The van der Waals surface area contributed by atoms with Gasteiger partial charge in [0, 0.05) is 24.7 Å². The Kier molecular flexibility index (Phi) is 4.55. The van der Waals surface area contributed by atoms with Gasteiger partial charge in [0.15, 0.2) is 9.84 Å². The molecule has 1 aromatic carbocycles. The van der Waals surface area contributed by atoms with Crippen molar-refractivity contribution in [3.05, 3.63) is 52.9 Å². The third kappa shape index (κ3) is 3.82. The first-order chi connectivity index (χ1) is 10.9. The Hall–Kier alpha value is -1.66. The zero-order valence-corrected chi connectivity index (χ0v) is 14.6. The average Bonchev–Trinajstić information content (AvgIpc) is 3.16. The summed E-state index contributed by atoms with van der Waals surface area (Å²) < 4.78 is 23.3. The fourth-order valence-electron chi connectivity index (χ4n) is 2.94. The Morgan fingerprint density at radius 1 is 1.30 bits per heavy atom. The molecule has 4 nitrogen and oxygen atoms in total. The molecule has 23 heavy (non-hydrogen) atoms. The average molecular weight is 349 g/mol. The fraction of sp³-hybridized carbons (Fsp3) is 0.353. The first-order valence-corrected chi connectivity index (χ1v) is 10.3. The van der Waals surface area contributed by atoms with Crippen LogP contribution in [0.25, 0.3) is 0 Å². The minimum atomic E-state index is -3.24. The molecular formula is C17H19NO3S2. The highest BCUT2D eigenvalue weighted by molar-refractivity contribution is 7.92. The summed E-state index contributed by atoms with van der Waals surface area (Å²) in [4.78, 5) is 14.4. The topological polar surface area (TPSA) is 54.5 Å². The molecule has 0 bridgehead atoms. The highest BCUT2D eigenvalue weighted by Gasteiger charge is 2.28. The van der Waals surface area contributed by atoms with E-state index >= 15 is 0 Å². The Balaban J connectivity index is 1.64. The molecule has 1 unspecified atom stereocenters. The summed E-state index contributed by atoms with van der Waals surface area (Å²) in [6.07, 6.45) is 3.13. The maximum atomic E-state index is 12.5. The van der Waals surface area contributed by atoms with Crippen molar-refractivity contribution in [2.75, 3.05) is 19.3 Å². The van der Waals surface area contributed by atoms with E-state index in [1.54, 1.807) is 5.38 Å². The molecule has 122 valence electrons. The summed E-state index contributed by atoms with van der Waals surface area (Å²) >= 11 is 1.11. The Morgan fingerprint density at radius 3 is 2.70 bits per heavy atom. The van der Waals surface area contributed by atoms with E-state index in [0.29, 0.717) is 11.5 Å². The van der Waals surface area contributed by atoms with Crippen molar-refractivity contribution in [2.24, 2.45) is 5.92 Å². The molecule has 1 fully saturated rings. The monoisotopic (exact) mass is 349 g/mol. The number of carbonyl (C=O) groups excluding carboxylic acids is 1. The maximum absolute atomic E-state index is 12.5. The highest BCUT2D eigenvalue weighted by Crippen LogP contribution is 2.25. The second-order valence-electron chi connectivity index (χ2n) is 6.02. The lowest BCUT2D eigenvalue weighted by atomic mass is 9.99. The maximum Gasteiger partial charge on any atom is 0.254 e. The standard InChI is InChI=1S/C17H19NO3S2/c1-23(20,21)16-10-15(12-22-16)17(19)18-8-7-14(11-18)9-13-5-3-2-4-6-13/h2-6,10,12,14H,7-9,11H2,1H3. The molecule has 0 spiro atoms. The summed E-state index contributed by atoms with van der Waals surface area (Å²) in [6.45, 7) is 1.47. The molecule has 1 saturated heterocycles. The van der Waals surface area contributed by atoms with Crippen molar-refractivity contribution in [3.8, 4) is 0 Å². The van der Waals surface area contributed by atoms with Crippen LogP contribution in [0, 0.1) is 5.92 Å². The van der Waals surface area contributed by atoms with Crippen LogP contribution in [-0.4, -0.2) is 38.6 Å². The smallest absolute Gasteiger partial charge is 0.254 e. The van der Waals surface area contributed by atoms with Crippen molar-refractivity contribution in [1.29, 1.82) is 0 Å². The third-order valence-electron chi connectivity index (χ3n) is 4.13. The van der Waals surface area contributed by atoms with Gasteiger partial charge in [0.25, 0.3) is 5.91 Å². The molecular weight excluding hydrogens is 330 g/mol. The van der Waals surface area contributed by atoms with Crippen LogP contribution in [0.2, 0.25) is 0 Å². The summed E-state index contributed by atoms with van der Waals surface area (Å²) in [5, 5.41) is 1.64. The van der Waals surface area contributed by atoms with E-state index in [1.165, 1.54) is 17.9 Å². The number of hydrogen-bond donors (Lipinski definition) is 0. The van der Waals surface area contributed by atoms with E-state index in [2.05, 4.69) is 12.1 Å². The number of sulfone groups is 1. The van der Waals surface area contributed by atoms with Crippen LogP contribution in [0.4, 0.5) is 0 Å². The van der Waals surface area contributed by atoms with Gasteiger partial charge in [0.1, 0.15) is 4.21 Å². The van der Waals surface area contributed by atoms with Crippen LogP contribution in [0.15, 0.2) is 46.0 Å². The van der Waals surface area contributed by atoms with Crippen molar-refractivity contribution in [2.45, 2.75) is 17.1 Å². The minimum absolute atomic E-state index is 0.0632. The molecule has 1 aromatic heterocycles. The van der Waals surface area contributed by atoms with Crippen LogP contribution in [0.5, 0.6) is 0 Å². The number of carbonyl (C=O) groups is 1. The van der Waals surface area contributed by atoms with E-state index in [-0.39, 0.29) is 10.1 Å². The molecule has 0 N–H and O–H groups in total. The summed E-state index contributed by atoms with van der Waals surface area (Å²) in [7, 11) is -3.24. The second kappa shape index (κ2) is 6.45. The summed E-state index contributed by atoms with van der Waals surface area (Å²) in [5.74, 6) is 0.404. The van der Waals surface area contributed by atoms with Gasteiger partial charge in [-0.25, -0.2) is 8.42 Å².